The minimum Gasteiger partial charge on any atom is -0.310 e. The summed E-state index contributed by atoms with van der Waals surface area (Å²) in [4.78, 5) is 2.63. The summed E-state index contributed by atoms with van der Waals surface area (Å²) in [7, 11) is 2.32. The highest BCUT2D eigenvalue weighted by Crippen LogP contribution is 2.34. The molecule has 2 nitrogen and oxygen atoms in total. The van der Waals surface area contributed by atoms with E-state index in [1.807, 2.05) is 0 Å². The van der Waals surface area contributed by atoms with Crippen molar-refractivity contribution in [3.05, 3.63) is 0 Å². The Morgan fingerprint density at radius 3 is 2.40 bits per heavy atom. The Morgan fingerprint density at radius 1 is 1.07 bits per heavy atom. The maximum Gasteiger partial charge on any atom is 0.0168 e. The Balaban J connectivity index is 1.55. The van der Waals surface area contributed by atoms with Gasteiger partial charge in [-0.25, -0.2) is 0 Å². The molecule has 0 radical (unpaired) electrons. The van der Waals surface area contributed by atoms with E-state index in [-0.39, 0.29) is 0 Å². The maximum absolute atomic E-state index is 3.89. The molecule has 3 fully saturated rings. The predicted molar refractivity (Wildman–Crippen MR) is 66.5 cm³/mol. The number of fused-ring (bicyclic) bond motifs is 2. The summed E-state index contributed by atoms with van der Waals surface area (Å²) >= 11 is 2.12. The number of nitrogens with zero attached hydrogens (tertiary/aromatic N) is 1. The first-order valence-corrected chi connectivity index (χ1v) is 7.54. The van der Waals surface area contributed by atoms with Crippen molar-refractivity contribution < 1.29 is 0 Å². The van der Waals surface area contributed by atoms with E-state index in [1.54, 1.807) is 0 Å². The fraction of sp³-hybridized carbons (Fsp3) is 1.00. The molecule has 3 atom stereocenters. The highest BCUT2D eigenvalue weighted by molar-refractivity contribution is 7.99. The van der Waals surface area contributed by atoms with Crippen molar-refractivity contribution in [3.63, 3.8) is 0 Å². The quantitative estimate of drug-likeness (QED) is 0.771. The Hall–Kier alpha value is 0.270. The van der Waals surface area contributed by atoms with E-state index in [2.05, 4.69) is 29.0 Å². The first-order chi connectivity index (χ1) is 7.33. The molecule has 3 saturated heterocycles. The maximum atomic E-state index is 3.89. The van der Waals surface area contributed by atoms with Gasteiger partial charge in [-0.15, -0.1) is 0 Å². The summed E-state index contributed by atoms with van der Waals surface area (Å²) in [5.41, 5.74) is 0. The number of thioether (sulfide) groups is 1. The van der Waals surface area contributed by atoms with Crippen molar-refractivity contribution in [2.75, 3.05) is 18.6 Å². The molecule has 86 valence electrons. The van der Waals surface area contributed by atoms with Crippen molar-refractivity contribution in [3.8, 4) is 0 Å². The van der Waals surface area contributed by atoms with Crippen LogP contribution in [0, 0.1) is 0 Å². The highest BCUT2D eigenvalue weighted by atomic mass is 32.2. The van der Waals surface area contributed by atoms with Crippen LogP contribution in [0.4, 0.5) is 0 Å². The van der Waals surface area contributed by atoms with Crippen LogP contribution in [0.3, 0.4) is 0 Å². The Kier molecular flexibility index (Phi) is 2.97. The van der Waals surface area contributed by atoms with Gasteiger partial charge < -0.3 is 10.2 Å². The summed E-state index contributed by atoms with van der Waals surface area (Å²) < 4.78 is 0. The molecule has 0 spiro atoms. The molecule has 3 aliphatic heterocycles. The van der Waals surface area contributed by atoms with E-state index in [9.17, 15) is 0 Å². The third-order valence-electron chi connectivity index (χ3n) is 4.50. The molecule has 0 aromatic heterocycles. The molecular weight excluding hydrogens is 204 g/mol. The number of hydrogen-bond donors (Lipinski definition) is 1. The average molecular weight is 226 g/mol. The SMILES string of the molecule is CN1C2CCC1CC(NC1CCSC1)C2. The normalized spacial score (nSPS) is 46.2. The number of piperidine rings is 1. The van der Waals surface area contributed by atoms with Gasteiger partial charge in [0.25, 0.3) is 0 Å². The molecule has 0 aromatic carbocycles. The topological polar surface area (TPSA) is 15.3 Å². The third kappa shape index (κ3) is 2.06. The molecule has 3 unspecified atom stereocenters. The van der Waals surface area contributed by atoms with E-state index in [0.29, 0.717) is 0 Å². The van der Waals surface area contributed by atoms with E-state index in [1.165, 1.54) is 43.6 Å². The van der Waals surface area contributed by atoms with Crippen LogP contribution in [-0.2, 0) is 0 Å². The van der Waals surface area contributed by atoms with Gasteiger partial charge in [-0.2, -0.15) is 11.8 Å². The van der Waals surface area contributed by atoms with Gasteiger partial charge >= 0.3 is 0 Å². The summed E-state index contributed by atoms with van der Waals surface area (Å²) in [6.07, 6.45) is 7.08. The standard InChI is InChI=1S/C12H22N2S/c1-14-11-2-3-12(14)7-10(6-11)13-9-4-5-15-8-9/h9-13H,2-8H2,1H3. The zero-order valence-electron chi connectivity index (χ0n) is 9.61. The molecule has 0 aliphatic carbocycles. The van der Waals surface area contributed by atoms with E-state index in [0.717, 1.165) is 24.2 Å². The Labute approximate surface area is 97.2 Å². The van der Waals surface area contributed by atoms with Gasteiger partial charge in [0.2, 0.25) is 0 Å². The monoisotopic (exact) mass is 226 g/mol. The third-order valence-corrected chi connectivity index (χ3v) is 5.66. The smallest absolute Gasteiger partial charge is 0.0168 e. The molecule has 1 N–H and O–H groups in total. The van der Waals surface area contributed by atoms with Crippen LogP contribution >= 0.6 is 11.8 Å². The lowest BCUT2D eigenvalue weighted by molar-refractivity contribution is 0.144. The predicted octanol–water partition coefficient (Wildman–Crippen LogP) is 1.71. The van der Waals surface area contributed by atoms with Crippen LogP contribution < -0.4 is 5.32 Å². The molecule has 3 heteroatoms. The molecule has 0 amide bonds. The number of rotatable bonds is 2. The van der Waals surface area contributed by atoms with Gasteiger partial charge in [0.15, 0.2) is 0 Å². The average Bonchev–Trinajstić information content (AvgIpc) is 2.76. The second-order valence-corrected chi connectivity index (χ2v) is 6.60. The fourth-order valence-corrected chi connectivity index (χ4v) is 4.71. The second-order valence-electron chi connectivity index (χ2n) is 5.45. The lowest BCUT2D eigenvalue weighted by Crippen LogP contribution is -2.49. The van der Waals surface area contributed by atoms with E-state index < -0.39 is 0 Å². The second kappa shape index (κ2) is 4.27. The van der Waals surface area contributed by atoms with Gasteiger partial charge in [0.05, 0.1) is 0 Å². The first-order valence-electron chi connectivity index (χ1n) is 6.38. The molecular formula is C12H22N2S. The van der Waals surface area contributed by atoms with Gasteiger partial charge in [-0.05, 0) is 44.9 Å². The van der Waals surface area contributed by atoms with Crippen LogP contribution in [0.2, 0.25) is 0 Å². The minimum atomic E-state index is 0.822. The lowest BCUT2D eigenvalue weighted by Gasteiger charge is -2.37. The van der Waals surface area contributed by atoms with Crippen molar-refractivity contribution in [1.82, 2.24) is 10.2 Å². The molecule has 0 saturated carbocycles. The summed E-state index contributed by atoms with van der Waals surface area (Å²) in [5.74, 6) is 2.72. The molecule has 0 aromatic rings. The van der Waals surface area contributed by atoms with Gasteiger partial charge in [0.1, 0.15) is 0 Å². The largest absolute Gasteiger partial charge is 0.310 e. The Bertz CT molecular complexity index is 214. The minimum absolute atomic E-state index is 0.822. The molecule has 15 heavy (non-hydrogen) atoms. The first kappa shape index (κ1) is 10.4. The van der Waals surface area contributed by atoms with Gasteiger partial charge in [-0.3, -0.25) is 0 Å². The van der Waals surface area contributed by atoms with Crippen LogP contribution in [0.15, 0.2) is 0 Å². The van der Waals surface area contributed by atoms with Crippen LogP contribution in [-0.4, -0.2) is 47.6 Å². The van der Waals surface area contributed by atoms with Crippen molar-refractivity contribution >= 4 is 11.8 Å². The zero-order chi connectivity index (χ0) is 10.3. The van der Waals surface area contributed by atoms with E-state index >= 15 is 0 Å². The number of hydrogen-bond acceptors (Lipinski definition) is 3. The molecule has 3 aliphatic rings. The zero-order valence-corrected chi connectivity index (χ0v) is 10.4. The van der Waals surface area contributed by atoms with Crippen molar-refractivity contribution in [2.24, 2.45) is 0 Å². The van der Waals surface area contributed by atoms with Crippen molar-refractivity contribution in [2.45, 2.75) is 56.3 Å². The highest BCUT2D eigenvalue weighted by Gasteiger charge is 2.38. The van der Waals surface area contributed by atoms with E-state index in [4.69, 9.17) is 0 Å². The number of nitrogens with one attached hydrogen (secondary N) is 1. The molecule has 2 bridgehead atoms. The van der Waals surface area contributed by atoms with Crippen molar-refractivity contribution in [1.29, 1.82) is 0 Å². The molecule has 3 rings (SSSR count). The summed E-state index contributed by atoms with van der Waals surface area (Å²) in [6.45, 7) is 0. The summed E-state index contributed by atoms with van der Waals surface area (Å²) in [6, 6.07) is 3.41. The fourth-order valence-electron chi connectivity index (χ4n) is 3.55. The van der Waals surface area contributed by atoms with Gasteiger partial charge in [0, 0.05) is 29.9 Å². The summed E-state index contributed by atoms with van der Waals surface area (Å²) in [5, 5.41) is 3.89. The lowest BCUT2D eigenvalue weighted by atomic mass is 9.97. The van der Waals surface area contributed by atoms with Crippen LogP contribution in [0.25, 0.3) is 0 Å². The van der Waals surface area contributed by atoms with Crippen LogP contribution in [0.5, 0.6) is 0 Å². The van der Waals surface area contributed by atoms with Crippen LogP contribution in [0.1, 0.15) is 32.1 Å². The Morgan fingerprint density at radius 2 is 1.80 bits per heavy atom. The van der Waals surface area contributed by atoms with Gasteiger partial charge in [-0.1, -0.05) is 0 Å². The molecule has 3 heterocycles.